The highest BCUT2D eigenvalue weighted by molar-refractivity contribution is 9.10. The summed E-state index contributed by atoms with van der Waals surface area (Å²) in [6, 6.07) is 9.90. The van der Waals surface area contributed by atoms with Gasteiger partial charge in [0.25, 0.3) is 0 Å². The van der Waals surface area contributed by atoms with Crippen LogP contribution in [0.4, 0.5) is 11.5 Å². The lowest BCUT2D eigenvalue weighted by Crippen LogP contribution is -1.98. The van der Waals surface area contributed by atoms with Crippen LogP contribution in [0.3, 0.4) is 0 Å². The Kier molecular flexibility index (Phi) is 3.36. The maximum atomic E-state index is 4.47. The zero-order valence-corrected chi connectivity index (χ0v) is 12.8. The third kappa shape index (κ3) is 2.63. The third-order valence-electron chi connectivity index (χ3n) is 2.93. The molecule has 0 amide bonds. The molecule has 0 fully saturated rings. The second-order valence-electron chi connectivity index (χ2n) is 4.62. The van der Waals surface area contributed by atoms with Crippen molar-refractivity contribution in [3.63, 3.8) is 0 Å². The monoisotopic (exact) mass is 328 g/mol. The minimum atomic E-state index is 0.754. The van der Waals surface area contributed by atoms with E-state index in [1.54, 1.807) is 6.20 Å². The summed E-state index contributed by atoms with van der Waals surface area (Å²) in [4.78, 5) is 13.3. The van der Waals surface area contributed by atoms with E-state index >= 15 is 0 Å². The normalized spacial score (nSPS) is 10.8. The van der Waals surface area contributed by atoms with Gasteiger partial charge in [-0.25, -0.2) is 15.0 Å². The number of nitrogens with zero attached hydrogens (tertiary/aromatic N) is 3. The molecule has 3 aromatic heterocycles. The van der Waals surface area contributed by atoms with Crippen LogP contribution in [0.1, 0.15) is 11.4 Å². The van der Waals surface area contributed by atoms with Crippen molar-refractivity contribution in [2.45, 2.75) is 13.8 Å². The summed E-state index contributed by atoms with van der Waals surface area (Å²) >= 11 is 3.38. The molecule has 0 aliphatic rings. The number of anilines is 2. The summed E-state index contributed by atoms with van der Waals surface area (Å²) in [6.07, 6.45) is 1.76. The molecule has 0 saturated carbocycles. The zero-order valence-electron chi connectivity index (χ0n) is 11.2. The Morgan fingerprint density at radius 3 is 2.55 bits per heavy atom. The molecule has 0 atom stereocenters. The summed E-state index contributed by atoms with van der Waals surface area (Å²) in [5.74, 6) is 0.792. The van der Waals surface area contributed by atoms with Gasteiger partial charge in [-0.3, -0.25) is 0 Å². The Morgan fingerprint density at radius 1 is 1.00 bits per heavy atom. The van der Waals surface area contributed by atoms with Crippen molar-refractivity contribution in [3.05, 3.63) is 52.4 Å². The quantitative estimate of drug-likeness (QED) is 0.767. The highest BCUT2D eigenvalue weighted by Crippen LogP contribution is 2.25. The molecule has 0 bridgehead atoms. The van der Waals surface area contributed by atoms with Crippen molar-refractivity contribution in [2.24, 2.45) is 0 Å². The number of hydrogen-bond acceptors (Lipinski definition) is 4. The summed E-state index contributed by atoms with van der Waals surface area (Å²) < 4.78 is 0.955. The van der Waals surface area contributed by atoms with Crippen LogP contribution in [0.15, 0.2) is 41.0 Å². The molecule has 100 valence electrons. The fourth-order valence-corrected chi connectivity index (χ4v) is 2.25. The van der Waals surface area contributed by atoms with Crippen LogP contribution in [-0.4, -0.2) is 15.0 Å². The Balaban J connectivity index is 2.08. The molecular weight excluding hydrogens is 316 g/mol. The van der Waals surface area contributed by atoms with Crippen LogP contribution in [0.5, 0.6) is 0 Å². The second kappa shape index (κ2) is 5.17. The fourth-order valence-electron chi connectivity index (χ4n) is 2.02. The van der Waals surface area contributed by atoms with E-state index in [9.17, 15) is 0 Å². The molecule has 20 heavy (non-hydrogen) atoms. The molecule has 4 nitrogen and oxygen atoms in total. The lowest BCUT2D eigenvalue weighted by atomic mass is 10.2. The van der Waals surface area contributed by atoms with Gasteiger partial charge in [0.15, 0.2) is 5.65 Å². The van der Waals surface area contributed by atoms with Gasteiger partial charge < -0.3 is 5.32 Å². The highest BCUT2D eigenvalue weighted by atomic mass is 79.9. The van der Waals surface area contributed by atoms with Gasteiger partial charge in [-0.1, -0.05) is 0 Å². The molecule has 0 aliphatic carbocycles. The molecule has 0 unspecified atom stereocenters. The number of hydrogen-bond donors (Lipinski definition) is 1. The number of halogens is 1. The van der Waals surface area contributed by atoms with E-state index in [-0.39, 0.29) is 0 Å². The highest BCUT2D eigenvalue weighted by Gasteiger charge is 2.06. The molecule has 1 N–H and O–H groups in total. The molecule has 0 spiro atoms. The smallest absolute Gasteiger partial charge is 0.161 e. The Hall–Kier alpha value is -2.01. The SMILES string of the molecule is Cc1ccc2c(Nc3ccc(Br)cn3)cc(C)nc2n1. The number of nitrogens with one attached hydrogen (secondary N) is 1. The van der Waals surface area contributed by atoms with E-state index in [1.807, 2.05) is 44.2 Å². The molecule has 0 saturated heterocycles. The number of aromatic nitrogens is 3. The predicted octanol–water partition coefficient (Wildman–Crippen LogP) is 4.15. The molecule has 3 rings (SSSR count). The van der Waals surface area contributed by atoms with Crippen molar-refractivity contribution in [3.8, 4) is 0 Å². The summed E-state index contributed by atoms with van der Waals surface area (Å²) in [5, 5.41) is 4.31. The van der Waals surface area contributed by atoms with Crippen LogP contribution < -0.4 is 5.32 Å². The van der Waals surface area contributed by atoms with Crippen LogP contribution in [0, 0.1) is 13.8 Å². The molecule has 3 heterocycles. The van der Waals surface area contributed by atoms with Crippen LogP contribution in [-0.2, 0) is 0 Å². The van der Waals surface area contributed by atoms with Crippen molar-refractivity contribution in [1.29, 1.82) is 0 Å². The maximum Gasteiger partial charge on any atom is 0.161 e. The molecule has 5 heteroatoms. The zero-order chi connectivity index (χ0) is 14.1. The molecule has 3 aromatic rings. The minimum absolute atomic E-state index is 0.754. The number of pyridine rings is 3. The minimum Gasteiger partial charge on any atom is -0.340 e. The topological polar surface area (TPSA) is 50.7 Å². The molecule has 0 aliphatic heterocycles. The van der Waals surface area contributed by atoms with Crippen molar-refractivity contribution >= 4 is 38.5 Å². The van der Waals surface area contributed by atoms with Gasteiger partial charge in [-0.15, -0.1) is 0 Å². The first-order valence-corrected chi connectivity index (χ1v) is 7.05. The maximum absolute atomic E-state index is 4.47. The summed E-state index contributed by atoms with van der Waals surface area (Å²) in [7, 11) is 0. The second-order valence-corrected chi connectivity index (χ2v) is 5.54. The summed E-state index contributed by atoms with van der Waals surface area (Å²) in [5.41, 5.74) is 3.61. The average Bonchev–Trinajstić information content (AvgIpc) is 2.40. The average molecular weight is 329 g/mol. The summed E-state index contributed by atoms with van der Waals surface area (Å²) in [6.45, 7) is 3.93. The van der Waals surface area contributed by atoms with Crippen molar-refractivity contribution < 1.29 is 0 Å². The van der Waals surface area contributed by atoms with Crippen LogP contribution >= 0.6 is 15.9 Å². The Bertz CT molecular complexity index is 763. The Morgan fingerprint density at radius 2 is 1.80 bits per heavy atom. The molecule has 0 radical (unpaired) electrons. The van der Waals surface area contributed by atoms with Crippen LogP contribution in [0.25, 0.3) is 11.0 Å². The lowest BCUT2D eigenvalue weighted by Gasteiger charge is -2.10. The van der Waals surface area contributed by atoms with E-state index in [2.05, 4.69) is 36.2 Å². The Labute approximate surface area is 125 Å². The van der Waals surface area contributed by atoms with Gasteiger partial charge in [0.1, 0.15) is 5.82 Å². The van der Waals surface area contributed by atoms with E-state index in [4.69, 9.17) is 0 Å². The standard InChI is InChI=1S/C15H13BrN4/c1-9-3-5-12-13(7-10(2)19-15(12)18-9)20-14-6-4-11(16)8-17-14/h3-8H,1-2H3,(H,17,18,19,20). The van der Waals surface area contributed by atoms with Crippen molar-refractivity contribution in [2.75, 3.05) is 5.32 Å². The van der Waals surface area contributed by atoms with E-state index in [1.165, 1.54) is 0 Å². The first-order valence-electron chi connectivity index (χ1n) is 6.25. The van der Waals surface area contributed by atoms with Gasteiger partial charge in [0.05, 0.1) is 5.69 Å². The van der Waals surface area contributed by atoms with Gasteiger partial charge in [0, 0.05) is 27.4 Å². The van der Waals surface area contributed by atoms with Crippen LogP contribution in [0.2, 0.25) is 0 Å². The molecule has 0 aromatic carbocycles. The number of fused-ring (bicyclic) bond motifs is 1. The largest absolute Gasteiger partial charge is 0.340 e. The van der Waals surface area contributed by atoms with Crippen molar-refractivity contribution in [1.82, 2.24) is 15.0 Å². The van der Waals surface area contributed by atoms with Gasteiger partial charge in [0.2, 0.25) is 0 Å². The number of aryl methyl sites for hydroxylation is 2. The van der Waals surface area contributed by atoms with Gasteiger partial charge in [-0.05, 0) is 60.1 Å². The van der Waals surface area contributed by atoms with E-state index in [0.717, 1.165) is 38.4 Å². The van der Waals surface area contributed by atoms with E-state index in [0.29, 0.717) is 0 Å². The van der Waals surface area contributed by atoms with Gasteiger partial charge >= 0.3 is 0 Å². The lowest BCUT2D eigenvalue weighted by molar-refractivity contribution is 1.16. The first-order chi connectivity index (χ1) is 9.61. The first kappa shape index (κ1) is 13.0. The van der Waals surface area contributed by atoms with E-state index < -0.39 is 0 Å². The van der Waals surface area contributed by atoms with Gasteiger partial charge in [-0.2, -0.15) is 0 Å². The molecular formula is C15H13BrN4. The fraction of sp³-hybridized carbons (Fsp3) is 0.133. The third-order valence-corrected chi connectivity index (χ3v) is 3.40. The predicted molar refractivity (Wildman–Crippen MR) is 84.2 cm³/mol. The number of rotatable bonds is 2.